The van der Waals surface area contributed by atoms with E-state index in [4.69, 9.17) is 5.26 Å². The average molecular weight is 231 g/mol. The quantitative estimate of drug-likeness (QED) is 0.635. The van der Waals surface area contributed by atoms with E-state index in [1.807, 2.05) is 6.07 Å². The molecule has 1 fully saturated rings. The van der Waals surface area contributed by atoms with Crippen LogP contribution in [0.15, 0.2) is 12.4 Å². The summed E-state index contributed by atoms with van der Waals surface area (Å²) in [5.41, 5.74) is 0.189. The second-order valence-corrected chi connectivity index (χ2v) is 3.59. The molecule has 1 aromatic rings. The molecule has 17 heavy (non-hydrogen) atoms. The molecular weight excluding hydrogens is 222 g/mol. The number of nitrogens with zero attached hydrogens (tertiary/aromatic N) is 4. The highest BCUT2D eigenvalue weighted by molar-refractivity contribution is 6.04. The summed E-state index contributed by atoms with van der Waals surface area (Å²) in [6, 6.07) is 1.36. The number of nitriles is 1. The van der Waals surface area contributed by atoms with Crippen molar-refractivity contribution in [3.8, 4) is 6.07 Å². The third-order valence-corrected chi connectivity index (χ3v) is 2.47. The minimum atomic E-state index is -0.491. The van der Waals surface area contributed by atoms with Crippen molar-refractivity contribution in [1.82, 2.24) is 15.3 Å². The fraction of sp³-hybridized carbons (Fsp3) is 0.300. The Balaban J connectivity index is 2.28. The Labute approximate surface area is 97.1 Å². The molecule has 2 amide bonds. The third-order valence-electron chi connectivity index (χ3n) is 2.47. The van der Waals surface area contributed by atoms with Crippen molar-refractivity contribution in [2.24, 2.45) is 0 Å². The summed E-state index contributed by atoms with van der Waals surface area (Å²) in [5, 5.41) is 10.8. The number of nitrogens with one attached hydrogen (secondary N) is 1. The monoisotopic (exact) mass is 231 g/mol. The number of piperazine rings is 1. The number of amides is 2. The molecule has 2 heterocycles. The standard InChI is InChI=1S/C10H9N5O2/c1-6-10(17)14-9(16)5-15(6)8-4-12-7(2-11)3-13-8/h3-4,6H,5H2,1H3,(H,14,16,17). The van der Waals surface area contributed by atoms with Crippen molar-refractivity contribution in [3.63, 3.8) is 0 Å². The molecule has 0 bridgehead atoms. The SMILES string of the molecule is CC1C(=O)NC(=O)CN1c1cnc(C#N)cn1. The van der Waals surface area contributed by atoms with E-state index in [0.29, 0.717) is 5.82 Å². The second kappa shape index (κ2) is 4.17. The van der Waals surface area contributed by atoms with Crippen LogP contribution < -0.4 is 10.2 Å². The first-order chi connectivity index (χ1) is 8.11. The predicted molar refractivity (Wildman–Crippen MR) is 56.7 cm³/mol. The van der Waals surface area contributed by atoms with Gasteiger partial charge in [-0.1, -0.05) is 0 Å². The van der Waals surface area contributed by atoms with Crippen molar-refractivity contribution in [2.45, 2.75) is 13.0 Å². The molecule has 0 aliphatic carbocycles. The topological polar surface area (TPSA) is 99.0 Å². The molecule has 2 rings (SSSR count). The maximum atomic E-state index is 11.4. The summed E-state index contributed by atoms with van der Waals surface area (Å²) < 4.78 is 0. The van der Waals surface area contributed by atoms with Crippen LogP contribution in [0.5, 0.6) is 0 Å². The largest absolute Gasteiger partial charge is 0.334 e. The van der Waals surface area contributed by atoms with Gasteiger partial charge in [0.1, 0.15) is 17.9 Å². The molecule has 7 nitrogen and oxygen atoms in total. The number of hydrogen-bond acceptors (Lipinski definition) is 6. The molecule has 1 atom stereocenters. The number of anilines is 1. The predicted octanol–water partition coefficient (Wildman–Crippen LogP) is -0.800. The van der Waals surface area contributed by atoms with Gasteiger partial charge in [0.25, 0.3) is 0 Å². The molecule has 1 saturated heterocycles. The smallest absolute Gasteiger partial charge is 0.249 e. The van der Waals surface area contributed by atoms with E-state index in [1.54, 1.807) is 6.92 Å². The molecule has 0 saturated carbocycles. The summed E-state index contributed by atoms with van der Waals surface area (Å²) in [7, 11) is 0. The summed E-state index contributed by atoms with van der Waals surface area (Å²) in [6.45, 7) is 1.72. The van der Waals surface area contributed by atoms with Gasteiger partial charge in [0, 0.05) is 0 Å². The van der Waals surface area contributed by atoms with E-state index in [9.17, 15) is 9.59 Å². The molecule has 1 aromatic heterocycles. The molecule has 0 spiro atoms. The van der Waals surface area contributed by atoms with E-state index >= 15 is 0 Å². The lowest BCUT2D eigenvalue weighted by atomic mass is 10.2. The van der Waals surface area contributed by atoms with Gasteiger partial charge >= 0.3 is 0 Å². The van der Waals surface area contributed by atoms with Gasteiger partial charge in [-0.05, 0) is 6.92 Å². The van der Waals surface area contributed by atoms with Gasteiger partial charge in [0.15, 0.2) is 5.69 Å². The average Bonchev–Trinajstić information content (AvgIpc) is 2.34. The van der Waals surface area contributed by atoms with Crippen molar-refractivity contribution < 1.29 is 9.59 Å². The Morgan fingerprint density at radius 2 is 2.24 bits per heavy atom. The lowest BCUT2D eigenvalue weighted by Crippen LogP contribution is -2.57. The van der Waals surface area contributed by atoms with Crippen LogP contribution in [0.1, 0.15) is 12.6 Å². The highest BCUT2D eigenvalue weighted by Crippen LogP contribution is 2.14. The van der Waals surface area contributed by atoms with Gasteiger partial charge in [-0.25, -0.2) is 9.97 Å². The summed E-state index contributed by atoms with van der Waals surface area (Å²) in [5.74, 6) is -0.341. The van der Waals surface area contributed by atoms with Crippen molar-refractivity contribution in [2.75, 3.05) is 11.4 Å². The van der Waals surface area contributed by atoms with Gasteiger partial charge in [-0.2, -0.15) is 5.26 Å². The molecular formula is C10H9N5O2. The molecule has 0 aromatic carbocycles. The first-order valence-electron chi connectivity index (χ1n) is 4.94. The molecule has 1 aliphatic heterocycles. The highest BCUT2D eigenvalue weighted by atomic mass is 16.2. The van der Waals surface area contributed by atoms with E-state index in [-0.39, 0.29) is 24.1 Å². The normalized spacial score (nSPS) is 19.8. The number of hydrogen-bond donors (Lipinski definition) is 1. The Morgan fingerprint density at radius 3 is 2.82 bits per heavy atom. The van der Waals surface area contributed by atoms with E-state index in [2.05, 4.69) is 15.3 Å². The zero-order chi connectivity index (χ0) is 12.4. The first kappa shape index (κ1) is 11.0. The van der Waals surface area contributed by atoms with Gasteiger partial charge in [-0.3, -0.25) is 14.9 Å². The van der Waals surface area contributed by atoms with Gasteiger partial charge in [-0.15, -0.1) is 0 Å². The van der Waals surface area contributed by atoms with E-state index in [1.165, 1.54) is 17.3 Å². The molecule has 1 unspecified atom stereocenters. The van der Waals surface area contributed by atoms with Crippen LogP contribution in [0.3, 0.4) is 0 Å². The molecule has 86 valence electrons. The van der Waals surface area contributed by atoms with E-state index in [0.717, 1.165) is 0 Å². The summed E-state index contributed by atoms with van der Waals surface area (Å²) >= 11 is 0. The molecule has 1 aliphatic rings. The van der Waals surface area contributed by atoms with Crippen molar-refractivity contribution in [3.05, 3.63) is 18.1 Å². The van der Waals surface area contributed by atoms with Crippen LogP contribution in [0, 0.1) is 11.3 Å². The number of rotatable bonds is 1. The number of carbonyl (C=O) groups is 2. The Morgan fingerprint density at radius 1 is 1.47 bits per heavy atom. The Hall–Kier alpha value is -2.49. The fourth-order valence-corrected chi connectivity index (χ4v) is 1.52. The van der Waals surface area contributed by atoms with E-state index < -0.39 is 6.04 Å². The van der Waals surface area contributed by atoms with Gasteiger partial charge in [0.05, 0.1) is 18.9 Å². The van der Waals surface area contributed by atoms with Crippen molar-refractivity contribution in [1.29, 1.82) is 5.26 Å². The molecule has 0 radical (unpaired) electrons. The maximum Gasteiger partial charge on any atom is 0.249 e. The zero-order valence-corrected chi connectivity index (χ0v) is 9.04. The van der Waals surface area contributed by atoms with Crippen LogP contribution in [-0.4, -0.2) is 34.4 Å². The summed E-state index contributed by atoms with van der Waals surface area (Å²) in [4.78, 5) is 32.1. The maximum absolute atomic E-state index is 11.4. The number of carbonyl (C=O) groups excluding carboxylic acids is 2. The third kappa shape index (κ3) is 2.06. The van der Waals surface area contributed by atoms with Gasteiger partial charge < -0.3 is 4.90 Å². The minimum Gasteiger partial charge on any atom is -0.334 e. The second-order valence-electron chi connectivity index (χ2n) is 3.59. The minimum absolute atomic E-state index is 0.0491. The lowest BCUT2D eigenvalue weighted by Gasteiger charge is -2.32. The van der Waals surface area contributed by atoms with Crippen LogP contribution in [-0.2, 0) is 9.59 Å². The van der Waals surface area contributed by atoms with Crippen LogP contribution in [0.2, 0.25) is 0 Å². The lowest BCUT2D eigenvalue weighted by molar-refractivity contribution is -0.132. The zero-order valence-electron chi connectivity index (χ0n) is 9.04. The van der Waals surface area contributed by atoms with Crippen LogP contribution in [0.4, 0.5) is 5.82 Å². The summed E-state index contributed by atoms with van der Waals surface area (Å²) in [6.07, 6.45) is 2.68. The van der Waals surface area contributed by atoms with Crippen LogP contribution in [0.25, 0.3) is 0 Å². The first-order valence-corrected chi connectivity index (χ1v) is 4.94. The molecule has 7 heteroatoms. The number of aromatic nitrogens is 2. The van der Waals surface area contributed by atoms with Crippen molar-refractivity contribution >= 4 is 17.6 Å². The van der Waals surface area contributed by atoms with Gasteiger partial charge in [0.2, 0.25) is 11.8 Å². The fourth-order valence-electron chi connectivity index (χ4n) is 1.52. The Bertz CT molecular complexity index is 504. The molecule has 1 N–H and O–H groups in total. The van der Waals surface area contributed by atoms with Crippen LogP contribution >= 0.6 is 0 Å². The number of imide groups is 1. The Kier molecular flexibility index (Phi) is 2.70. The highest BCUT2D eigenvalue weighted by Gasteiger charge is 2.31.